The van der Waals surface area contributed by atoms with Crippen molar-refractivity contribution in [3.63, 3.8) is 0 Å². The van der Waals surface area contributed by atoms with Crippen molar-refractivity contribution in [2.24, 2.45) is 0 Å². The highest BCUT2D eigenvalue weighted by molar-refractivity contribution is 5.24. The largest absolute Gasteiger partial charge is 0.346 e. The highest BCUT2D eigenvalue weighted by atomic mass is 15.4. The van der Waals surface area contributed by atoms with Crippen molar-refractivity contribution in [2.45, 2.75) is 19.6 Å². The molecular formula is C15H16N2. The van der Waals surface area contributed by atoms with Crippen LogP contribution in [-0.4, -0.2) is 16.0 Å². The van der Waals surface area contributed by atoms with Crippen LogP contribution in [0.25, 0.3) is 0 Å². The molecule has 2 heteroatoms. The van der Waals surface area contributed by atoms with Crippen LogP contribution in [0.3, 0.4) is 0 Å². The highest BCUT2D eigenvalue weighted by Crippen LogP contribution is 2.27. The Hall–Kier alpha value is -1.96. The third-order valence-electron chi connectivity index (χ3n) is 3.26. The zero-order valence-corrected chi connectivity index (χ0v) is 9.95. The molecular weight excluding hydrogens is 208 g/mol. The average molecular weight is 224 g/mol. The summed E-state index contributed by atoms with van der Waals surface area (Å²) in [4.78, 5) is 4.66. The smallest absolute Gasteiger partial charge is 0.125 e. The van der Waals surface area contributed by atoms with Gasteiger partial charge in [0.2, 0.25) is 0 Å². The van der Waals surface area contributed by atoms with Crippen molar-refractivity contribution in [1.82, 2.24) is 9.80 Å². The molecule has 0 bridgehead atoms. The van der Waals surface area contributed by atoms with Crippen LogP contribution < -0.4 is 0 Å². The minimum atomic E-state index is 0.347. The molecule has 0 fully saturated rings. The number of nitrogens with zero attached hydrogens (tertiary/aromatic N) is 2. The Kier molecular flexibility index (Phi) is 2.48. The van der Waals surface area contributed by atoms with Gasteiger partial charge in [-0.1, -0.05) is 36.4 Å². The van der Waals surface area contributed by atoms with Crippen molar-refractivity contribution >= 4 is 0 Å². The summed E-state index contributed by atoms with van der Waals surface area (Å²) >= 11 is 0. The van der Waals surface area contributed by atoms with Crippen LogP contribution in [0.2, 0.25) is 0 Å². The molecule has 2 aliphatic heterocycles. The van der Waals surface area contributed by atoms with Crippen LogP contribution in [0, 0.1) is 0 Å². The first kappa shape index (κ1) is 10.2. The molecule has 1 atom stereocenters. The van der Waals surface area contributed by atoms with Gasteiger partial charge in [0.05, 0.1) is 0 Å². The second kappa shape index (κ2) is 4.13. The Morgan fingerprint density at radius 3 is 2.76 bits per heavy atom. The Morgan fingerprint density at radius 2 is 1.94 bits per heavy atom. The van der Waals surface area contributed by atoms with Crippen LogP contribution in [-0.2, 0) is 6.54 Å². The zero-order chi connectivity index (χ0) is 11.7. The summed E-state index contributed by atoms with van der Waals surface area (Å²) in [5, 5.41) is 0. The monoisotopic (exact) mass is 224 g/mol. The van der Waals surface area contributed by atoms with Gasteiger partial charge in [-0.3, -0.25) is 0 Å². The number of hydrogen-bond acceptors (Lipinski definition) is 2. The van der Waals surface area contributed by atoms with Crippen molar-refractivity contribution in [1.29, 1.82) is 0 Å². The minimum Gasteiger partial charge on any atom is -0.346 e. The molecule has 0 radical (unpaired) electrons. The molecule has 2 nitrogen and oxygen atoms in total. The molecule has 1 aromatic rings. The van der Waals surface area contributed by atoms with Crippen LogP contribution in [0.1, 0.15) is 12.5 Å². The Morgan fingerprint density at radius 1 is 1.12 bits per heavy atom. The molecule has 0 unspecified atom stereocenters. The first-order valence-corrected chi connectivity index (χ1v) is 5.96. The topological polar surface area (TPSA) is 6.48 Å². The number of hydrogen-bond donors (Lipinski definition) is 0. The van der Waals surface area contributed by atoms with Crippen molar-refractivity contribution in [3.8, 4) is 0 Å². The third-order valence-corrected chi connectivity index (χ3v) is 3.26. The fraction of sp³-hybridized carbons (Fsp3) is 0.200. The lowest BCUT2D eigenvalue weighted by Crippen LogP contribution is -2.35. The fourth-order valence-electron chi connectivity index (χ4n) is 2.38. The van der Waals surface area contributed by atoms with Gasteiger partial charge in [-0.25, -0.2) is 0 Å². The van der Waals surface area contributed by atoms with E-state index in [0.717, 1.165) is 6.54 Å². The molecule has 1 aromatic carbocycles. The van der Waals surface area contributed by atoms with Gasteiger partial charge in [0.15, 0.2) is 0 Å². The second-order valence-electron chi connectivity index (χ2n) is 4.47. The van der Waals surface area contributed by atoms with E-state index in [4.69, 9.17) is 0 Å². The molecule has 0 saturated carbocycles. The summed E-state index contributed by atoms with van der Waals surface area (Å²) in [6.45, 7) is 3.13. The van der Waals surface area contributed by atoms with Gasteiger partial charge < -0.3 is 9.80 Å². The predicted molar refractivity (Wildman–Crippen MR) is 69.6 cm³/mol. The van der Waals surface area contributed by atoms with E-state index < -0.39 is 0 Å². The van der Waals surface area contributed by atoms with Crippen LogP contribution in [0.5, 0.6) is 0 Å². The quantitative estimate of drug-likeness (QED) is 0.761. The molecule has 86 valence electrons. The molecule has 0 aromatic heterocycles. The summed E-state index contributed by atoms with van der Waals surface area (Å²) in [5.74, 6) is 0. The second-order valence-corrected chi connectivity index (χ2v) is 4.47. The molecule has 0 amide bonds. The predicted octanol–water partition coefficient (Wildman–Crippen LogP) is 3.08. The lowest BCUT2D eigenvalue weighted by molar-refractivity contribution is 0.218. The van der Waals surface area contributed by atoms with E-state index in [9.17, 15) is 0 Å². The lowest BCUT2D eigenvalue weighted by atomic mass is 10.2. The Bertz CT molecular complexity index is 485. The first-order chi connectivity index (χ1) is 8.34. The molecule has 2 heterocycles. The summed E-state index contributed by atoms with van der Waals surface area (Å²) in [6.07, 6.45) is 11.1. The molecule has 0 N–H and O–H groups in total. The first-order valence-electron chi connectivity index (χ1n) is 5.96. The highest BCUT2D eigenvalue weighted by Gasteiger charge is 2.27. The van der Waals surface area contributed by atoms with Crippen LogP contribution in [0.4, 0.5) is 0 Å². The van der Waals surface area contributed by atoms with Crippen LogP contribution in [0.15, 0.2) is 66.7 Å². The number of benzene rings is 1. The van der Waals surface area contributed by atoms with Gasteiger partial charge in [0.25, 0.3) is 0 Å². The van der Waals surface area contributed by atoms with E-state index in [1.807, 2.05) is 0 Å². The SMILES string of the molecule is CC1=CN2C=CC=C[C@@H]2N1Cc1ccccc1. The van der Waals surface area contributed by atoms with Gasteiger partial charge in [0.1, 0.15) is 6.17 Å². The van der Waals surface area contributed by atoms with Crippen molar-refractivity contribution in [3.05, 3.63) is 72.2 Å². The zero-order valence-electron chi connectivity index (χ0n) is 9.95. The van der Waals surface area contributed by atoms with Gasteiger partial charge in [-0.05, 0) is 24.6 Å². The summed E-state index contributed by atoms with van der Waals surface area (Å²) in [5.41, 5.74) is 2.67. The van der Waals surface area contributed by atoms with Crippen molar-refractivity contribution < 1.29 is 0 Å². The number of fused-ring (bicyclic) bond motifs is 1. The van der Waals surface area contributed by atoms with E-state index in [-0.39, 0.29) is 0 Å². The maximum Gasteiger partial charge on any atom is 0.125 e. The Labute approximate surface area is 102 Å². The summed E-state index contributed by atoms with van der Waals surface area (Å²) in [7, 11) is 0. The van der Waals surface area contributed by atoms with Gasteiger partial charge in [-0.15, -0.1) is 0 Å². The normalized spacial score (nSPS) is 21.7. The fourth-order valence-corrected chi connectivity index (χ4v) is 2.38. The summed E-state index contributed by atoms with van der Waals surface area (Å²) < 4.78 is 0. The molecule has 3 rings (SSSR count). The van der Waals surface area contributed by atoms with E-state index in [1.54, 1.807) is 0 Å². The molecule has 2 aliphatic rings. The molecule has 17 heavy (non-hydrogen) atoms. The average Bonchev–Trinajstić information content (AvgIpc) is 2.68. The lowest BCUT2D eigenvalue weighted by Gasteiger charge is -2.31. The van der Waals surface area contributed by atoms with Crippen molar-refractivity contribution in [2.75, 3.05) is 0 Å². The molecule has 0 aliphatic carbocycles. The minimum absolute atomic E-state index is 0.347. The van der Waals surface area contributed by atoms with E-state index in [1.165, 1.54) is 11.3 Å². The molecule has 0 spiro atoms. The van der Waals surface area contributed by atoms with Gasteiger partial charge >= 0.3 is 0 Å². The Balaban J connectivity index is 1.82. The van der Waals surface area contributed by atoms with Gasteiger partial charge in [-0.2, -0.15) is 0 Å². The maximum absolute atomic E-state index is 2.41. The standard InChI is InChI=1S/C15H16N2/c1-13-11-16-10-6-5-9-15(16)17(13)12-14-7-3-2-4-8-14/h2-11,15H,12H2,1H3/t15-/m0/s1. The molecule has 0 saturated heterocycles. The van der Waals surface area contributed by atoms with E-state index >= 15 is 0 Å². The van der Waals surface area contributed by atoms with Crippen LogP contribution >= 0.6 is 0 Å². The van der Waals surface area contributed by atoms with Gasteiger partial charge in [0, 0.05) is 24.6 Å². The van der Waals surface area contributed by atoms with E-state index in [2.05, 4.69) is 77.7 Å². The number of allylic oxidation sites excluding steroid dienone is 3. The maximum atomic E-state index is 2.41. The third kappa shape index (κ3) is 1.86. The van der Waals surface area contributed by atoms with E-state index in [0.29, 0.717) is 6.17 Å². The summed E-state index contributed by atoms with van der Waals surface area (Å²) in [6, 6.07) is 10.6. The number of rotatable bonds is 2.